The van der Waals surface area contributed by atoms with Crippen molar-refractivity contribution in [3.05, 3.63) is 59.2 Å². The molecule has 0 aliphatic rings. The predicted octanol–water partition coefficient (Wildman–Crippen LogP) is 2.63. The topological polar surface area (TPSA) is 96.0 Å². The van der Waals surface area contributed by atoms with Crippen LogP contribution in [-0.4, -0.2) is 57.6 Å². The highest BCUT2D eigenvalue weighted by Gasteiger charge is 2.30. The zero-order chi connectivity index (χ0) is 24.8. The van der Waals surface area contributed by atoms with Gasteiger partial charge in [-0.2, -0.15) is 0 Å². The third-order valence-corrected chi connectivity index (χ3v) is 6.51. The molecule has 2 aromatic rings. The monoisotopic (exact) mass is 475 g/mol. The summed E-state index contributed by atoms with van der Waals surface area (Å²) < 4.78 is 31.7. The van der Waals surface area contributed by atoms with E-state index in [9.17, 15) is 18.0 Å². The van der Waals surface area contributed by atoms with E-state index in [-0.39, 0.29) is 12.5 Å². The van der Waals surface area contributed by atoms with Gasteiger partial charge < -0.3 is 15.0 Å². The van der Waals surface area contributed by atoms with Crippen LogP contribution >= 0.6 is 0 Å². The van der Waals surface area contributed by atoms with Crippen molar-refractivity contribution < 1.29 is 22.7 Å². The molecule has 8 nitrogen and oxygen atoms in total. The SMILES string of the molecule is CCNC(=O)C(C)N(Cc1ccc(OC)cc1)C(=O)CN(c1c(C)cccc1C)S(C)(=O)=O. The number of likely N-dealkylation sites (N-methyl/N-ethyl adjacent to an activating group) is 1. The Balaban J connectivity index is 2.43. The first kappa shape index (κ1) is 26.2. The number of nitrogens with zero attached hydrogens (tertiary/aromatic N) is 2. The van der Waals surface area contributed by atoms with E-state index in [0.717, 1.165) is 27.3 Å². The van der Waals surface area contributed by atoms with Crippen LogP contribution in [0.4, 0.5) is 5.69 Å². The maximum Gasteiger partial charge on any atom is 0.244 e. The Morgan fingerprint density at radius 2 is 1.64 bits per heavy atom. The van der Waals surface area contributed by atoms with Crippen LogP contribution in [0, 0.1) is 13.8 Å². The van der Waals surface area contributed by atoms with Crippen molar-refractivity contribution in [3.63, 3.8) is 0 Å². The van der Waals surface area contributed by atoms with E-state index in [1.54, 1.807) is 59.1 Å². The highest BCUT2D eigenvalue weighted by Crippen LogP contribution is 2.27. The molecule has 0 saturated heterocycles. The van der Waals surface area contributed by atoms with E-state index in [0.29, 0.717) is 18.0 Å². The fourth-order valence-corrected chi connectivity index (χ4v) is 4.57. The number of amides is 2. The predicted molar refractivity (Wildman–Crippen MR) is 130 cm³/mol. The number of hydrogen-bond acceptors (Lipinski definition) is 5. The Morgan fingerprint density at radius 3 is 2.12 bits per heavy atom. The quantitative estimate of drug-likeness (QED) is 0.570. The van der Waals surface area contributed by atoms with Crippen molar-refractivity contribution in [1.29, 1.82) is 0 Å². The molecule has 2 aromatic carbocycles. The van der Waals surface area contributed by atoms with E-state index < -0.39 is 28.5 Å². The number of methoxy groups -OCH3 is 1. The first-order valence-corrected chi connectivity index (χ1v) is 12.6. The van der Waals surface area contributed by atoms with E-state index in [1.165, 1.54) is 4.90 Å². The van der Waals surface area contributed by atoms with Gasteiger partial charge in [0.05, 0.1) is 19.1 Å². The number of benzene rings is 2. The molecule has 9 heteroatoms. The molecule has 180 valence electrons. The van der Waals surface area contributed by atoms with Crippen LogP contribution in [0.3, 0.4) is 0 Å². The smallest absolute Gasteiger partial charge is 0.244 e. The Labute approximate surface area is 196 Å². The first-order valence-electron chi connectivity index (χ1n) is 10.7. The summed E-state index contributed by atoms with van der Waals surface area (Å²) in [5.41, 5.74) is 2.75. The molecule has 33 heavy (non-hydrogen) atoms. The van der Waals surface area contributed by atoms with Crippen molar-refractivity contribution in [2.24, 2.45) is 0 Å². The minimum absolute atomic E-state index is 0.144. The molecular formula is C24H33N3O5S. The molecule has 1 N–H and O–H groups in total. The summed E-state index contributed by atoms with van der Waals surface area (Å²) in [6.45, 7) is 7.19. The fraction of sp³-hybridized carbons (Fsp3) is 0.417. The molecular weight excluding hydrogens is 442 g/mol. The number of nitrogens with one attached hydrogen (secondary N) is 1. The standard InChI is InChI=1S/C24H33N3O5S/c1-7-25-24(29)19(4)26(15-20-11-13-21(32-5)14-12-20)22(28)16-27(33(6,30)31)23-17(2)9-8-10-18(23)3/h8-14,19H,7,15-16H2,1-6H3,(H,25,29). The Morgan fingerprint density at radius 1 is 1.06 bits per heavy atom. The van der Waals surface area contributed by atoms with E-state index in [4.69, 9.17) is 4.74 Å². The summed E-state index contributed by atoms with van der Waals surface area (Å²) in [5.74, 6) is -0.110. The van der Waals surface area contributed by atoms with Crippen LogP contribution in [-0.2, 0) is 26.2 Å². The fourth-order valence-electron chi connectivity index (χ4n) is 3.61. The lowest BCUT2D eigenvalue weighted by Crippen LogP contribution is -2.51. The number of anilines is 1. The van der Waals surface area contributed by atoms with Gasteiger partial charge in [-0.15, -0.1) is 0 Å². The second kappa shape index (κ2) is 11.2. The normalized spacial score (nSPS) is 12.1. The van der Waals surface area contributed by atoms with Gasteiger partial charge in [0.25, 0.3) is 0 Å². The van der Waals surface area contributed by atoms with Gasteiger partial charge in [-0.3, -0.25) is 13.9 Å². The number of rotatable bonds is 10. The van der Waals surface area contributed by atoms with E-state index in [1.807, 2.05) is 18.2 Å². The molecule has 1 unspecified atom stereocenters. The number of hydrogen-bond donors (Lipinski definition) is 1. The van der Waals surface area contributed by atoms with Gasteiger partial charge >= 0.3 is 0 Å². The van der Waals surface area contributed by atoms with Gasteiger partial charge in [0.15, 0.2) is 0 Å². The molecule has 0 spiro atoms. The number of para-hydroxylation sites is 1. The minimum Gasteiger partial charge on any atom is -0.497 e. The molecule has 1 atom stereocenters. The molecule has 2 rings (SSSR count). The lowest BCUT2D eigenvalue weighted by molar-refractivity contribution is -0.139. The molecule has 0 aromatic heterocycles. The van der Waals surface area contributed by atoms with Gasteiger partial charge in [0.2, 0.25) is 21.8 Å². The average Bonchev–Trinajstić information content (AvgIpc) is 2.76. The second-order valence-electron chi connectivity index (χ2n) is 7.95. The lowest BCUT2D eigenvalue weighted by Gasteiger charge is -2.32. The van der Waals surface area contributed by atoms with Gasteiger partial charge in [-0.05, 0) is 56.5 Å². The maximum atomic E-state index is 13.5. The Hall–Kier alpha value is -3.07. The summed E-state index contributed by atoms with van der Waals surface area (Å²) in [7, 11) is -2.20. The summed E-state index contributed by atoms with van der Waals surface area (Å²) in [5, 5.41) is 2.73. The lowest BCUT2D eigenvalue weighted by atomic mass is 10.1. The van der Waals surface area contributed by atoms with Crippen molar-refractivity contribution in [2.75, 3.05) is 30.8 Å². The van der Waals surface area contributed by atoms with Crippen LogP contribution in [0.25, 0.3) is 0 Å². The molecule has 0 aliphatic heterocycles. The third kappa shape index (κ3) is 6.71. The van der Waals surface area contributed by atoms with Gasteiger partial charge in [-0.25, -0.2) is 8.42 Å². The minimum atomic E-state index is -3.76. The highest BCUT2D eigenvalue weighted by molar-refractivity contribution is 7.92. The zero-order valence-corrected chi connectivity index (χ0v) is 20.9. The van der Waals surface area contributed by atoms with Crippen LogP contribution in [0.1, 0.15) is 30.5 Å². The summed E-state index contributed by atoms with van der Waals surface area (Å²) >= 11 is 0. The number of sulfonamides is 1. The average molecular weight is 476 g/mol. The van der Waals surface area contributed by atoms with Crippen LogP contribution < -0.4 is 14.4 Å². The van der Waals surface area contributed by atoms with Crippen LogP contribution in [0.2, 0.25) is 0 Å². The zero-order valence-electron chi connectivity index (χ0n) is 20.1. The maximum absolute atomic E-state index is 13.5. The molecule has 0 aliphatic carbocycles. The van der Waals surface area contributed by atoms with E-state index in [2.05, 4.69) is 5.32 Å². The van der Waals surface area contributed by atoms with E-state index >= 15 is 0 Å². The number of carbonyl (C=O) groups is 2. The molecule has 0 heterocycles. The van der Waals surface area contributed by atoms with Crippen molar-refractivity contribution in [3.8, 4) is 5.75 Å². The van der Waals surface area contributed by atoms with Crippen LogP contribution in [0.15, 0.2) is 42.5 Å². The number of aryl methyl sites for hydroxylation is 2. The van der Waals surface area contributed by atoms with Crippen molar-refractivity contribution in [1.82, 2.24) is 10.2 Å². The number of carbonyl (C=O) groups excluding carboxylic acids is 2. The Kier molecular flexibility index (Phi) is 8.87. The van der Waals surface area contributed by atoms with Gasteiger partial charge in [0.1, 0.15) is 18.3 Å². The molecule has 0 saturated carbocycles. The summed E-state index contributed by atoms with van der Waals surface area (Å²) in [4.78, 5) is 27.5. The van der Waals surface area contributed by atoms with Gasteiger partial charge in [0, 0.05) is 13.1 Å². The van der Waals surface area contributed by atoms with Crippen molar-refractivity contribution >= 4 is 27.5 Å². The number of ether oxygens (including phenoxy) is 1. The highest BCUT2D eigenvalue weighted by atomic mass is 32.2. The summed E-state index contributed by atoms with van der Waals surface area (Å²) in [6, 6.07) is 11.8. The van der Waals surface area contributed by atoms with Crippen molar-refractivity contribution in [2.45, 2.75) is 40.3 Å². The Bertz CT molecular complexity index is 1060. The molecule has 0 bridgehead atoms. The van der Waals surface area contributed by atoms with Crippen LogP contribution in [0.5, 0.6) is 5.75 Å². The largest absolute Gasteiger partial charge is 0.497 e. The second-order valence-corrected chi connectivity index (χ2v) is 9.86. The van der Waals surface area contributed by atoms with Gasteiger partial charge in [-0.1, -0.05) is 30.3 Å². The molecule has 0 fully saturated rings. The third-order valence-electron chi connectivity index (χ3n) is 5.40. The summed E-state index contributed by atoms with van der Waals surface area (Å²) in [6.07, 6.45) is 1.08. The first-order chi connectivity index (χ1) is 15.5. The molecule has 2 amide bonds. The molecule has 0 radical (unpaired) electrons.